The van der Waals surface area contributed by atoms with E-state index in [9.17, 15) is 0 Å². The number of hydrogen-bond acceptors (Lipinski definition) is 5. The molecular formula is C15H18N4O. The highest BCUT2D eigenvalue weighted by atomic mass is 16.5. The van der Waals surface area contributed by atoms with Crippen molar-refractivity contribution in [2.75, 3.05) is 30.4 Å². The third-order valence-electron chi connectivity index (χ3n) is 3.47. The largest absolute Gasteiger partial charge is 0.399 e. The number of anilines is 2. The zero-order chi connectivity index (χ0) is 13.9. The second-order valence-corrected chi connectivity index (χ2v) is 4.98. The minimum Gasteiger partial charge on any atom is -0.399 e. The Bertz CT molecular complexity index is 585. The second-order valence-electron chi connectivity index (χ2n) is 4.98. The Labute approximate surface area is 118 Å². The lowest BCUT2D eigenvalue weighted by molar-refractivity contribution is 0.0981. The van der Waals surface area contributed by atoms with Gasteiger partial charge < -0.3 is 15.4 Å². The first-order valence-corrected chi connectivity index (χ1v) is 6.77. The minimum absolute atomic E-state index is 0.297. The summed E-state index contributed by atoms with van der Waals surface area (Å²) >= 11 is 0. The van der Waals surface area contributed by atoms with Crippen LogP contribution in [-0.2, 0) is 4.74 Å². The zero-order valence-electron chi connectivity index (χ0n) is 11.5. The summed E-state index contributed by atoms with van der Waals surface area (Å²) in [5, 5.41) is 0. The summed E-state index contributed by atoms with van der Waals surface area (Å²) in [4.78, 5) is 11.2. The van der Waals surface area contributed by atoms with Crippen LogP contribution in [0.15, 0.2) is 36.5 Å². The smallest absolute Gasteiger partial charge is 0.226 e. The van der Waals surface area contributed by atoms with Crippen molar-refractivity contribution in [1.82, 2.24) is 9.97 Å². The van der Waals surface area contributed by atoms with E-state index in [1.807, 2.05) is 30.3 Å². The van der Waals surface area contributed by atoms with Crippen molar-refractivity contribution < 1.29 is 4.74 Å². The molecule has 5 heteroatoms. The lowest BCUT2D eigenvalue weighted by Crippen LogP contribution is -2.44. The number of morpholine rings is 1. The van der Waals surface area contributed by atoms with Gasteiger partial charge in [0, 0.05) is 24.0 Å². The van der Waals surface area contributed by atoms with Gasteiger partial charge in [-0.1, -0.05) is 12.1 Å². The summed E-state index contributed by atoms with van der Waals surface area (Å²) in [6.45, 7) is 4.39. The molecule has 1 atom stereocenters. The van der Waals surface area contributed by atoms with Crippen molar-refractivity contribution in [2.24, 2.45) is 0 Å². The topological polar surface area (TPSA) is 64.3 Å². The number of nitrogens with two attached hydrogens (primary N) is 1. The highest BCUT2D eigenvalue weighted by Crippen LogP contribution is 2.21. The van der Waals surface area contributed by atoms with E-state index in [1.165, 1.54) is 0 Å². The van der Waals surface area contributed by atoms with E-state index in [4.69, 9.17) is 10.5 Å². The van der Waals surface area contributed by atoms with E-state index in [0.717, 1.165) is 42.7 Å². The number of rotatable bonds is 2. The number of hydrogen-bond donors (Lipinski definition) is 1. The van der Waals surface area contributed by atoms with Crippen LogP contribution < -0.4 is 10.6 Å². The van der Waals surface area contributed by atoms with Crippen LogP contribution in [0.25, 0.3) is 11.3 Å². The lowest BCUT2D eigenvalue weighted by atomic mass is 10.1. The average Bonchev–Trinajstić information content (AvgIpc) is 2.49. The summed E-state index contributed by atoms with van der Waals surface area (Å²) in [5.74, 6) is 0.759. The van der Waals surface area contributed by atoms with Crippen molar-refractivity contribution in [3.05, 3.63) is 36.5 Å². The van der Waals surface area contributed by atoms with E-state index < -0.39 is 0 Å². The molecule has 1 fully saturated rings. The molecule has 3 rings (SSSR count). The zero-order valence-corrected chi connectivity index (χ0v) is 11.5. The fraction of sp³-hybridized carbons (Fsp3) is 0.333. The van der Waals surface area contributed by atoms with Gasteiger partial charge in [0.2, 0.25) is 5.95 Å². The Hall–Kier alpha value is -2.14. The predicted octanol–water partition coefficient (Wildman–Crippen LogP) is 1.95. The first kappa shape index (κ1) is 12.9. The monoisotopic (exact) mass is 270 g/mol. The van der Waals surface area contributed by atoms with Crippen molar-refractivity contribution in [3.8, 4) is 11.3 Å². The normalized spacial score (nSPS) is 19.1. The Kier molecular flexibility index (Phi) is 3.52. The van der Waals surface area contributed by atoms with Gasteiger partial charge in [-0.2, -0.15) is 0 Å². The number of aromatic nitrogens is 2. The SMILES string of the molecule is CC1COCCN1c1nccc(-c2ccc(N)cc2)n1. The maximum atomic E-state index is 5.71. The van der Waals surface area contributed by atoms with Crippen molar-refractivity contribution in [1.29, 1.82) is 0 Å². The van der Waals surface area contributed by atoms with Gasteiger partial charge in [-0.15, -0.1) is 0 Å². The summed E-state index contributed by atoms with van der Waals surface area (Å²) < 4.78 is 5.45. The van der Waals surface area contributed by atoms with E-state index >= 15 is 0 Å². The summed E-state index contributed by atoms with van der Waals surface area (Å²) in [7, 11) is 0. The van der Waals surface area contributed by atoms with E-state index in [2.05, 4.69) is 21.8 Å². The molecule has 1 aliphatic rings. The minimum atomic E-state index is 0.297. The standard InChI is InChI=1S/C15H18N4O/c1-11-10-20-9-8-19(11)15-17-7-6-14(18-15)12-2-4-13(16)5-3-12/h2-7,11H,8-10,16H2,1H3. The quantitative estimate of drug-likeness (QED) is 0.845. The molecule has 1 aromatic carbocycles. The lowest BCUT2D eigenvalue weighted by Gasteiger charge is -2.33. The molecule has 2 N–H and O–H groups in total. The highest BCUT2D eigenvalue weighted by molar-refractivity contribution is 5.62. The Morgan fingerprint density at radius 1 is 1.25 bits per heavy atom. The molecular weight excluding hydrogens is 252 g/mol. The summed E-state index contributed by atoms with van der Waals surface area (Å²) in [6.07, 6.45) is 1.80. The van der Waals surface area contributed by atoms with Crippen LogP contribution in [0.2, 0.25) is 0 Å². The van der Waals surface area contributed by atoms with Crippen LogP contribution in [0.3, 0.4) is 0 Å². The molecule has 0 bridgehead atoms. The van der Waals surface area contributed by atoms with Crippen LogP contribution in [0.4, 0.5) is 11.6 Å². The van der Waals surface area contributed by atoms with Crippen LogP contribution in [0.5, 0.6) is 0 Å². The van der Waals surface area contributed by atoms with Gasteiger partial charge in [0.05, 0.1) is 24.9 Å². The van der Waals surface area contributed by atoms with Gasteiger partial charge in [0.1, 0.15) is 0 Å². The van der Waals surface area contributed by atoms with Gasteiger partial charge >= 0.3 is 0 Å². The maximum Gasteiger partial charge on any atom is 0.226 e. The summed E-state index contributed by atoms with van der Waals surface area (Å²) in [5.41, 5.74) is 8.43. The number of nitrogens with zero attached hydrogens (tertiary/aromatic N) is 3. The molecule has 1 aliphatic heterocycles. The molecule has 0 aliphatic carbocycles. The van der Waals surface area contributed by atoms with Crippen LogP contribution in [0.1, 0.15) is 6.92 Å². The molecule has 1 aromatic heterocycles. The Balaban J connectivity index is 1.91. The van der Waals surface area contributed by atoms with E-state index in [1.54, 1.807) is 6.20 Å². The third kappa shape index (κ3) is 2.58. The van der Waals surface area contributed by atoms with Crippen molar-refractivity contribution in [2.45, 2.75) is 13.0 Å². The molecule has 2 heterocycles. The van der Waals surface area contributed by atoms with Gasteiger partial charge in [-0.25, -0.2) is 9.97 Å². The fourth-order valence-electron chi connectivity index (χ4n) is 2.33. The van der Waals surface area contributed by atoms with Crippen LogP contribution in [0, 0.1) is 0 Å². The highest BCUT2D eigenvalue weighted by Gasteiger charge is 2.21. The molecule has 2 aromatic rings. The molecule has 0 amide bonds. The molecule has 1 saturated heterocycles. The van der Waals surface area contributed by atoms with Gasteiger partial charge in [0.15, 0.2) is 0 Å². The number of ether oxygens (including phenoxy) is 1. The number of benzene rings is 1. The third-order valence-corrected chi connectivity index (χ3v) is 3.47. The van der Waals surface area contributed by atoms with Crippen molar-refractivity contribution >= 4 is 11.6 Å². The van der Waals surface area contributed by atoms with Gasteiger partial charge in [-0.05, 0) is 25.1 Å². The maximum absolute atomic E-state index is 5.71. The first-order chi connectivity index (χ1) is 9.74. The molecule has 20 heavy (non-hydrogen) atoms. The molecule has 0 spiro atoms. The van der Waals surface area contributed by atoms with E-state index in [-0.39, 0.29) is 0 Å². The Morgan fingerprint density at radius 2 is 2.05 bits per heavy atom. The average molecular weight is 270 g/mol. The second kappa shape index (κ2) is 5.46. The van der Waals surface area contributed by atoms with Gasteiger partial charge in [-0.3, -0.25) is 0 Å². The molecule has 0 saturated carbocycles. The molecule has 104 valence electrons. The first-order valence-electron chi connectivity index (χ1n) is 6.77. The van der Waals surface area contributed by atoms with Crippen LogP contribution >= 0.6 is 0 Å². The van der Waals surface area contributed by atoms with Crippen molar-refractivity contribution in [3.63, 3.8) is 0 Å². The van der Waals surface area contributed by atoms with Gasteiger partial charge in [0.25, 0.3) is 0 Å². The fourth-order valence-corrected chi connectivity index (χ4v) is 2.33. The molecule has 1 unspecified atom stereocenters. The van der Waals surface area contributed by atoms with E-state index in [0.29, 0.717) is 6.04 Å². The summed E-state index contributed by atoms with van der Waals surface area (Å²) in [6, 6.07) is 9.93. The number of nitrogen functional groups attached to an aromatic ring is 1. The molecule has 5 nitrogen and oxygen atoms in total. The Morgan fingerprint density at radius 3 is 2.80 bits per heavy atom. The predicted molar refractivity (Wildman–Crippen MR) is 79.5 cm³/mol. The molecule has 0 radical (unpaired) electrons. The van der Waals surface area contributed by atoms with Crippen LogP contribution in [-0.4, -0.2) is 35.8 Å².